The van der Waals surface area contributed by atoms with Crippen LogP contribution in [0.5, 0.6) is 0 Å². The van der Waals surface area contributed by atoms with Crippen molar-refractivity contribution in [3.63, 3.8) is 0 Å². The molecule has 0 atom stereocenters. The van der Waals surface area contributed by atoms with Crippen LogP contribution in [0, 0.1) is 18.3 Å². The lowest BCUT2D eigenvalue weighted by Crippen LogP contribution is -1.91. The number of hydrogen-bond donors (Lipinski definition) is 0. The summed E-state index contributed by atoms with van der Waals surface area (Å²) in [5, 5.41) is 13.7. The highest BCUT2D eigenvalue weighted by Gasteiger charge is 2.17. The first-order valence-corrected chi connectivity index (χ1v) is 9.82. The first kappa shape index (κ1) is 17.5. The zero-order chi connectivity index (χ0) is 20.1. The van der Waals surface area contributed by atoms with Crippen LogP contribution >= 0.6 is 0 Å². The minimum absolute atomic E-state index is 0.474. The smallest absolute Gasteiger partial charge is 0.153 e. The normalized spacial score (nSPS) is 11.6. The number of benzene rings is 3. The van der Waals surface area contributed by atoms with Gasteiger partial charge in [0.15, 0.2) is 5.58 Å². The van der Waals surface area contributed by atoms with Crippen molar-refractivity contribution >= 4 is 32.7 Å². The van der Waals surface area contributed by atoms with E-state index in [0.717, 1.165) is 38.6 Å². The average Bonchev–Trinajstić information content (AvgIpc) is 3.11. The van der Waals surface area contributed by atoms with E-state index in [9.17, 15) is 5.26 Å². The van der Waals surface area contributed by atoms with E-state index in [0.29, 0.717) is 17.1 Å². The quantitative estimate of drug-likeness (QED) is 0.330. The number of aromatic nitrogens is 1. The van der Waals surface area contributed by atoms with Gasteiger partial charge in [0.1, 0.15) is 11.7 Å². The predicted molar refractivity (Wildman–Crippen MR) is 118 cm³/mol. The molecular formula is C26H20N2O. The summed E-state index contributed by atoms with van der Waals surface area (Å²) < 4.78 is 6.26. The Morgan fingerprint density at radius 2 is 1.79 bits per heavy atom. The molecule has 2 heterocycles. The molecule has 0 amide bonds. The van der Waals surface area contributed by atoms with Gasteiger partial charge in [-0.1, -0.05) is 44.2 Å². The number of fused-ring (bicyclic) bond motifs is 4. The molecule has 3 aromatic carbocycles. The van der Waals surface area contributed by atoms with Gasteiger partial charge in [0, 0.05) is 27.9 Å². The third-order valence-corrected chi connectivity index (χ3v) is 5.57. The Hall–Kier alpha value is -3.64. The summed E-state index contributed by atoms with van der Waals surface area (Å²) in [7, 11) is 0. The Morgan fingerprint density at radius 1 is 0.931 bits per heavy atom. The number of nitriles is 1. The van der Waals surface area contributed by atoms with Gasteiger partial charge < -0.3 is 4.42 Å². The van der Waals surface area contributed by atoms with E-state index in [1.165, 1.54) is 10.9 Å². The van der Waals surface area contributed by atoms with Crippen LogP contribution in [-0.4, -0.2) is 4.98 Å². The Labute approximate surface area is 169 Å². The minimum atomic E-state index is 0.474. The summed E-state index contributed by atoms with van der Waals surface area (Å²) in [4.78, 5) is 4.73. The predicted octanol–water partition coefficient (Wildman–Crippen LogP) is 7.10. The van der Waals surface area contributed by atoms with Gasteiger partial charge in [-0.25, -0.2) is 0 Å². The lowest BCUT2D eigenvalue weighted by atomic mass is 9.96. The third kappa shape index (κ3) is 2.68. The Bertz CT molecular complexity index is 1450. The van der Waals surface area contributed by atoms with Gasteiger partial charge in [0.2, 0.25) is 0 Å². The van der Waals surface area contributed by atoms with Crippen molar-refractivity contribution in [3.8, 4) is 17.3 Å². The molecule has 0 aliphatic rings. The fourth-order valence-corrected chi connectivity index (χ4v) is 4.08. The second kappa shape index (κ2) is 6.46. The molecule has 2 aromatic heterocycles. The molecule has 29 heavy (non-hydrogen) atoms. The minimum Gasteiger partial charge on any atom is -0.454 e. The highest BCUT2D eigenvalue weighted by Crippen LogP contribution is 2.39. The van der Waals surface area contributed by atoms with Gasteiger partial charge >= 0.3 is 0 Å². The van der Waals surface area contributed by atoms with E-state index in [1.807, 2.05) is 18.3 Å². The number of rotatable bonds is 2. The molecule has 0 spiro atoms. The molecule has 0 aliphatic carbocycles. The first-order chi connectivity index (χ1) is 14.1. The van der Waals surface area contributed by atoms with E-state index in [4.69, 9.17) is 9.40 Å². The van der Waals surface area contributed by atoms with Crippen LogP contribution in [0.4, 0.5) is 0 Å². The SMILES string of the molecule is Cc1cc(-c2nccc3cc(C(C)C)ccc23)c2oc3c(C#N)cccc3c2c1. The van der Waals surface area contributed by atoms with E-state index >= 15 is 0 Å². The van der Waals surface area contributed by atoms with Crippen LogP contribution in [0.25, 0.3) is 44.0 Å². The fourth-order valence-electron chi connectivity index (χ4n) is 4.08. The van der Waals surface area contributed by atoms with Crippen LogP contribution < -0.4 is 0 Å². The number of para-hydroxylation sites is 1. The molecule has 140 valence electrons. The van der Waals surface area contributed by atoms with Crippen molar-refractivity contribution < 1.29 is 4.42 Å². The number of hydrogen-bond acceptors (Lipinski definition) is 3. The standard InChI is InChI=1S/C26H20N2O/c1-15(2)17-7-8-20-18(13-17)9-10-28-24(20)23-12-16(3)11-22-21-6-4-5-19(14-27)25(21)29-26(22)23/h4-13,15H,1-3H3. The Morgan fingerprint density at radius 3 is 2.59 bits per heavy atom. The van der Waals surface area contributed by atoms with Gasteiger partial charge in [-0.3, -0.25) is 4.98 Å². The average molecular weight is 376 g/mol. The van der Waals surface area contributed by atoms with Crippen molar-refractivity contribution in [2.24, 2.45) is 0 Å². The summed E-state index contributed by atoms with van der Waals surface area (Å²) >= 11 is 0. The van der Waals surface area contributed by atoms with E-state index in [2.05, 4.69) is 63.2 Å². The fraction of sp³-hybridized carbons (Fsp3) is 0.154. The highest BCUT2D eigenvalue weighted by atomic mass is 16.3. The van der Waals surface area contributed by atoms with E-state index in [-0.39, 0.29) is 0 Å². The first-order valence-electron chi connectivity index (χ1n) is 9.82. The van der Waals surface area contributed by atoms with Crippen LogP contribution in [0.2, 0.25) is 0 Å². The molecule has 3 heteroatoms. The molecule has 5 aromatic rings. The van der Waals surface area contributed by atoms with E-state index in [1.54, 1.807) is 6.07 Å². The lowest BCUT2D eigenvalue weighted by Gasteiger charge is -2.11. The molecule has 0 saturated carbocycles. The number of nitrogens with zero attached hydrogens (tertiary/aromatic N) is 2. The summed E-state index contributed by atoms with van der Waals surface area (Å²) in [5.41, 5.74) is 6.28. The molecule has 0 N–H and O–H groups in total. The van der Waals surface area contributed by atoms with Crippen LogP contribution in [0.1, 0.15) is 36.5 Å². The maximum atomic E-state index is 9.49. The van der Waals surface area contributed by atoms with Gasteiger partial charge in [-0.15, -0.1) is 0 Å². The maximum Gasteiger partial charge on any atom is 0.153 e. The summed E-state index contributed by atoms with van der Waals surface area (Å²) in [6, 6.07) is 20.8. The molecule has 3 nitrogen and oxygen atoms in total. The van der Waals surface area contributed by atoms with Crippen LogP contribution in [-0.2, 0) is 0 Å². The van der Waals surface area contributed by atoms with Crippen molar-refractivity contribution in [2.45, 2.75) is 26.7 Å². The molecule has 0 radical (unpaired) electrons. The van der Waals surface area contributed by atoms with Crippen molar-refractivity contribution in [1.82, 2.24) is 4.98 Å². The van der Waals surface area contributed by atoms with Crippen molar-refractivity contribution in [3.05, 3.63) is 77.5 Å². The Kier molecular flexibility index (Phi) is 3.89. The van der Waals surface area contributed by atoms with Crippen molar-refractivity contribution in [1.29, 1.82) is 5.26 Å². The zero-order valence-electron chi connectivity index (χ0n) is 16.7. The summed E-state index contributed by atoms with van der Waals surface area (Å²) in [5.74, 6) is 0.474. The number of pyridine rings is 1. The van der Waals surface area contributed by atoms with Crippen molar-refractivity contribution in [2.75, 3.05) is 0 Å². The molecule has 0 saturated heterocycles. The third-order valence-electron chi connectivity index (χ3n) is 5.57. The lowest BCUT2D eigenvalue weighted by molar-refractivity contribution is 0.668. The van der Waals surface area contributed by atoms with Crippen LogP contribution in [0.15, 0.2) is 65.2 Å². The van der Waals surface area contributed by atoms with E-state index < -0.39 is 0 Å². The molecule has 0 aliphatic heterocycles. The maximum absolute atomic E-state index is 9.49. The topological polar surface area (TPSA) is 49.8 Å². The molecule has 5 rings (SSSR count). The second-order valence-electron chi connectivity index (χ2n) is 7.88. The highest BCUT2D eigenvalue weighted by molar-refractivity contribution is 6.12. The largest absolute Gasteiger partial charge is 0.454 e. The molecule has 0 bridgehead atoms. The van der Waals surface area contributed by atoms with Crippen LogP contribution in [0.3, 0.4) is 0 Å². The number of aryl methyl sites for hydroxylation is 1. The molecular weight excluding hydrogens is 356 g/mol. The Balaban J connectivity index is 1.87. The zero-order valence-corrected chi connectivity index (χ0v) is 16.7. The molecule has 0 unspecified atom stereocenters. The summed E-state index contributed by atoms with van der Waals surface area (Å²) in [6.07, 6.45) is 1.86. The van der Waals surface area contributed by atoms with Gasteiger partial charge in [-0.2, -0.15) is 5.26 Å². The summed E-state index contributed by atoms with van der Waals surface area (Å²) in [6.45, 7) is 6.49. The number of furan rings is 1. The van der Waals surface area contributed by atoms with Gasteiger partial charge in [0.25, 0.3) is 0 Å². The monoisotopic (exact) mass is 376 g/mol. The second-order valence-corrected chi connectivity index (χ2v) is 7.88. The van der Waals surface area contributed by atoms with Gasteiger partial charge in [0.05, 0.1) is 11.3 Å². The molecule has 0 fully saturated rings. The van der Waals surface area contributed by atoms with Gasteiger partial charge in [-0.05, 0) is 53.6 Å².